The fourth-order valence-electron chi connectivity index (χ4n) is 2.39. The Labute approximate surface area is 125 Å². The molecule has 0 aliphatic carbocycles. The van der Waals surface area contributed by atoms with E-state index in [0.29, 0.717) is 18.8 Å². The van der Waals surface area contributed by atoms with Gasteiger partial charge in [-0.1, -0.05) is 20.8 Å². The molecule has 2 N–H and O–H groups in total. The zero-order valence-corrected chi connectivity index (χ0v) is 13.3. The molecule has 2 rings (SSSR count). The van der Waals surface area contributed by atoms with Gasteiger partial charge < -0.3 is 4.90 Å². The second-order valence-corrected chi connectivity index (χ2v) is 6.84. The summed E-state index contributed by atoms with van der Waals surface area (Å²) in [5.41, 5.74) is 2.37. The van der Waals surface area contributed by atoms with E-state index in [1.54, 1.807) is 30.0 Å². The molecule has 0 saturated carbocycles. The van der Waals surface area contributed by atoms with Crippen molar-refractivity contribution in [3.05, 3.63) is 23.8 Å². The number of nitrogens with zero attached hydrogens (tertiary/aromatic N) is 1. The van der Waals surface area contributed by atoms with E-state index in [9.17, 15) is 13.2 Å². The molecule has 0 saturated heterocycles. The summed E-state index contributed by atoms with van der Waals surface area (Å²) in [5, 5.41) is 0. The highest BCUT2D eigenvalue weighted by atomic mass is 32.2. The minimum atomic E-state index is -3.53. The summed E-state index contributed by atoms with van der Waals surface area (Å²) >= 11 is 0. The van der Waals surface area contributed by atoms with Gasteiger partial charge >= 0.3 is 0 Å². The maximum atomic E-state index is 12.1. The minimum Gasteiger partial charge on any atom is -0.312 e. The highest BCUT2D eigenvalue weighted by Crippen LogP contribution is 2.31. The first-order valence-corrected chi connectivity index (χ1v) is 8.54. The minimum absolute atomic E-state index is 0.0529. The van der Waals surface area contributed by atoms with Gasteiger partial charge in [-0.15, -0.1) is 0 Å². The summed E-state index contributed by atoms with van der Waals surface area (Å²) in [6.45, 7) is 6.45. The first kappa shape index (κ1) is 15.8. The van der Waals surface area contributed by atoms with Gasteiger partial charge in [-0.05, 0) is 30.2 Å². The third kappa shape index (κ3) is 3.54. The number of amides is 1. The first-order valence-electron chi connectivity index (χ1n) is 7.05. The largest absolute Gasteiger partial charge is 0.312 e. The van der Waals surface area contributed by atoms with Crippen molar-refractivity contribution in [2.24, 2.45) is 5.92 Å². The number of hydrogen-bond acceptors (Lipinski definition) is 3. The molecule has 0 fully saturated rings. The van der Waals surface area contributed by atoms with Gasteiger partial charge in [0.25, 0.3) is 10.2 Å². The zero-order chi connectivity index (χ0) is 15.6. The standard InChI is InChI=1S/C14H21N3O3S/c1-4-15-21(19,20)16-12-5-6-13-11(9-12)7-8-17(13)14(18)10(2)3/h5-6,9-10,15-16H,4,7-8H2,1-3H3. The molecule has 1 aromatic carbocycles. The smallest absolute Gasteiger partial charge is 0.299 e. The fraction of sp³-hybridized carbons (Fsp3) is 0.500. The Morgan fingerprint density at radius 1 is 1.38 bits per heavy atom. The number of fused-ring (bicyclic) bond motifs is 1. The number of benzene rings is 1. The normalized spacial score (nSPS) is 14.4. The molecule has 1 aliphatic rings. The summed E-state index contributed by atoms with van der Waals surface area (Å²) in [5.74, 6) is 0.0395. The van der Waals surface area contributed by atoms with Crippen LogP contribution in [-0.4, -0.2) is 27.4 Å². The van der Waals surface area contributed by atoms with Crippen molar-refractivity contribution < 1.29 is 13.2 Å². The lowest BCUT2D eigenvalue weighted by molar-refractivity contribution is -0.121. The highest BCUT2D eigenvalue weighted by Gasteiger charge is 2.26. The lowest BCUT2D eigenvalue weighted by Crippen LogP contribution is -2.32. The van der Waals surface area contributed by atoms with Crippen LogP contribution in [-0.2, 0) is 21.4 Å². The van der Waals surface area contributed by atoms with Gasteiger partial charge in [-0.3, -0.25) is 9.52 Å². The van der Waals surface area contributed by atoms with Crippen LogP contribution in [0, 0.1) is 5.92 Å². The molecule has 116 valence electrons. The molecule has 7 heteroatoms. The van der Waals surface area contributed by atoms with Crippen molar-refractivity contribution >= 4 is 27.5 Å². The van der Waals surface area contributed by atoms with Crippen LogP contribution in [0.4, 0.5) is 11.4 Å². The molecule has 0 atom stereocenters. The lowest BCUT2D eigenvalue weighted by atomic mass is 10.1. The molecule has 1 heterocycles. The third-order valence-corrected chi connectivity index (χ3v) is 4.49. The van der Waals surface area contributed by atoms with E-state index in [-0.39, 0.29) is 11.8 Å². The van der Waals surface area contributed by atoms with Gasteiger partial charge in [-0.2, -0.15) is 13.1 Å². The van der Waals surface area contributed by atoms with Crippen molar-refractivity contribution in [2.75, 3.05) is 22.7 Å². The monoisotopic (exact) mass is 311 g/mol. The molecule has 6 nitrogen and oxygen atoms in total. The Kier molecular flexibility index (Phi) is 4.53. The van der Waals surface area contributed by atoms with E-state index in [2.05, 4.69) is 9.44 Å². The van der Waals surface area contributed by atoms with Crippen LogP contribution in [0.3, 0.4) is 0 Å². The maximum Gasteiger partial charge on any atom is 0.299 e. The van der Waals surface area contributed by atoms with Gasteiger partial charge in [0.1, 0.15) is 0 Å². The lowest BCUT2D eigenvalue weighted by Gasteiger charge is -2.19. The van der Waals surface area contributed by atoms with E-state index in [4.69, 9.17) is 0 Å². The van der Waals surface area contributed by atoms with Crippen molar-refractivity contribution in [1.82, 2.24) is 4.72 Å². The van der Waals surface area contributed by atoms with Crippen LogP contribution in [0.15, 0.2) is 18.2 Å². The molecule has 0 aromatic heterocycles. The first-order chi connectivity index (χ1) is 9.84. The molecule has 1 amide bonds. The van der Waals surface area contributed by atoms with E-state index >= 15 is 0 Å². The SMILES string of the molecule is CCNS(=O)(=O)Nc1ccc2c(c1)CCN2C(=O)C(C)C. The summed E-state index contributed by atoms with van der Waals surface area (Å²) in [6.07, 6.45) is 0.741. The van der Waals surface area contributed by atoms with Crippen molar-refractivity contribution in [3.63, 3.8) is 0 Å². The number of carbonyl (C=O) groups is 1. The van der Waals surface area contributed by atoms with Crippen LogP contribution in [0.1, 0.15) is 26.3 Å². The molecule has 1 aromatic rings. The van der Waals surface area contributed by atoms with Gasteiger partial charge in [0, 0.05) is 24.7 Å². The quantitative estimate of drug-likeness (QED) is 0.865. The van der Waals surface area contributed by atoms with Gasteiger partial charge in [0.05, 0.1) is 5.69 Å². The molecular weight excluding hydrogens is 290 g/mol. The van der Waals surface area contributed by atoms with Crippen LogP contribution >= 0.6 is 0 Å². The fourth-order valence-corrected chi connectivity index (χ4v) is 3.28. The predicted molar refractivity (Wildman–Crippen MR) is 83.6 cm³/mol. The highest BCUT2D eigenvalue weighted by molar-refractivity contribution is 7.90. The molecule has 0 spiro atoms. The Balaban J connectivity index is 2.21. The number of nitrogens with one attached hydrogen (secondary N) is 2. The topological polar surface area (TPSA) is 78.5 Å². The van der Waals surface area contributed by atoms with E-state index < -0.39 is 10.2 Å². The van der Waals surface area contributed by atoms with Crippen molar-refractivity contribution in [1.29, 1.82) is 0 Å². The second kappa shape index (κ2) is 6.03. The van der Waals surface area contributed by atoms with Crippen LogP contribution in [0.2, 0.25) is 0 Å². The van der Waals surface area contributed by atoms with Gasteiger partial charge in [0.15, 0.2) is 0 Å². The average Bonchev–Trinajstić information content (AvgIpc) is 2.79. The van der Waals surface area contributed by atoms with E-state index in [0.717, 1.165) is 17.7 Å². The molecule has 0 bridgehead atoms. The zero-order valence-electron chi connectivity index (χ0n) is 12.5. The Hall–Kier alpha value is -1.60. The molecule has 0 radical (unpaired) electrons. The van der Waals surface area contributed by atoms with E-state index in [1.807, 2.05) is 13.8 Å². The second-order valence-electron chi connectivity index (χ2n) is 5.34. The predicted octanol–water partition coefficient (Wildman–Crippen LogP) is 1.50. The van der Waals surface area contributed by atoms with Crippen LogP contribution in [0.5, 0.6) is 0 Å². The molecule has 0 unspecified atom stereocenters. The van der Waals surface area contributed by atoms with Gasteiger partial charge in [0.2, 0.25) is 5.91 Å². The summed E-state index contributed by atoms with van der Waals surface area (Å²) < 4.78 is 28.2. The Morgan fingerprint density at radius 2 is 2.10 bits per heavy atom. The molecular formula is C14H21N3O3S. The summed E-state index contributed by atoms with van der Waals surface area (Å²) in [7, 11) is -3.53. The number of hydrogen-bond donors (Lipinski definition) is 2. The molecule has 1 aliphatic heterocycles. The third-order valence-electron chi connectivity index (χ3n) is 3.32. The number of rotatable bonds is 5. The van der Waals surface area contributed by atoms with Gasteiger partial charge in [-0.25, -0.2) is 0 Å². The van der Waals surface area contributed by atoms with Crippen LogP contribution < -0.4 is 14.3 Å². The summed E-state index contributed by atoms with van der Waals surface area (Å²) in [6, 6.07) is 5.27. The van der Waals surface area contributed by atoms with E-state index in [1.165, 1.54) is 0 Å². The average molecular weight is 311 g/mol. The Morgan fingerprint density at radius 3 is 2.71 bits per heavy atom. The maximum absolute atomic E-state index is 12.1. The summed E-state index contributed by atoms with van der Waals surface area (Å²) in [4.78, 5) is 13.9. The molecule has 21 heavy (non-hydrogen) atoms. The van der Waals surface area contributed by atoms with Crippen molar-refractivity contribution in [3.8, 4) is 0 Å². The number of carbonyl (C=O) groups excluding carboxylic acids is 1. The Bertz CT molecular complexity index is 641. The number of anilines is 2. The van der Waals surface area contributed by atoms with Crippen molar-refractivity contribution in [2.45, 2.75) is 27.2 Å². The van der Waals surface area contributed by atoms with Crippen LogP contribution in [0.25, 0.3) is 0 Å².